The molecule has 1 aliphatic rings. The van der Waals surface area contributed by atoms with Gasteiger partial charge in [0, 0.05) is 22.0 Å². The van der Waals surface area contributed by atoms with Crippen molar-refractivity contribution in [1.29, 1.82) is 0 Å². The maximum atomic E-state index is 12.6. The second-order valence-corrected chi connectivity index (χ2v) is 7.67. The van der Waals surface area contributed by atoms with E-state index in [0.717, 1.165) is 36.9 Å². The highest BCUT2D eigenvalue weighted by Crippen LogP contribution is 2.24. The van der Waals surface area contributed by atoms with Crippen LogP contribution in [0.3, 0.4) is 0 Å². The summed E-state index contributed by atoms with van der Waals surface area (Å²) in [6, 6.07) is 12.4. The quantitative estimate of drug-likeness (QED) is 0.710. The molecular formula is C21H26ClN4O2+. The van der Waals surface area contributed by atoms with Crippen molar-refractivity contribution in [3.63, 3.8) is 0 Å². The van der Waals surface area contributed by atoms with Gasteiger partial charge in [-0.15, -0.1) is 0 Å². The second kappa shape index (κ2) is 8.63. The van der Waals surface area contributed by atoms with Gasteiger partial charge in [-0.2, -0.15) is 0 Å². The van der Waals surface area contributed by atoms with Crippen LogP contribution in [0.1, 0.15) is 22.8 Å². The first-order chi connectivity index (χ1) is 13.3. The van der Waals surface area contributed by atoms with Crippen LogP contribution in [0.4, 0.5) is 11.4 Å². The Morgan fingerprint density at radius 2 is 1.79 bits per heavy atom. The summed E-state index contributed by atoms with van der Waals surface area (Å²) in [6.45, 7) is 7.54. The minimum atomic E-state index is -0.483. The van der Waals surface area contributed by atoms with Gasteiger partial charge >= 0.3 is 0 Å². The minimum Gasteiger partial charge on any atom is -0.366 e. The Kier molecular flexibility index (Phi) is 6.21. The van der Waals surface area contributed by atoms with Crippen molar-refractivity contribution in [2.45, 2.75) is 19.9 Å². The fourth-order valence-electron chi connectivity index (χ4n) is 3.54. The number of primary amides is 1. The first-order valence-corrected chi connectivity index (χ1v) is 9.79. The molecular weight excluding hydrogens is 376 g/mol. The van der Waals surface area contributed by atoms with Crippen LogP contribution in [0, 0.1) is 6.92 Å². The summed E-state index contributed by atoms with van der Waals surface area (Å²) in [5.41, 5.74) is 8.69. The van der Waals surface area contributed by atoms with Gasteiger partial charge in [-0.1, -0.05) is 17.7 Å². The van der Waals surface area contributed by atoms with Crippen LogP contribution in [0.15, 0.2) is 42.5 Å². The Morgan fingerprint density at radius 3 is 2.39 bits per heavy atom. The lowest BCUT2D eigenvalue weighted by atomic mass is 10.1. The molecule has 0 bridgehead atoms. The molecule has 6 nitrogen and oxygen atoms in total. The van der Waals surface area contributed by atoms with E-state index < -0.39 is 5.91 Å². The van der Waals surface area contributed by atoms with E-state index in [-0.39, 0.29) is 11.9 Å². The number of piperazine rings is 1. The summed E-state index contributed by atoms with van der Waals surface area (Å²) < 4.78 is 0. The van der Waals surface area contributed by atoms with Crippen LogP contribution in [-0.4, -0.2) is 44.0 Å². The zero-order valence-corrected chi connectivity index (χ0v) is 16.9. The Balaban J connectivity index is 1.57. The molecule has 1 saturated heterocycles. The molecule has 148 valence electrons. The number of rotatable bonds is 5. The molecule has 28 heavy (non-hydrogen) atoms. The summed E-state index contributed by atoms with van der Waals surface area (Å²) in [4.78, 5) is 27.3. The molecule has 0 unspecified atom stereocenters. The van der Waals surface area contributed by atoms with Gasteiger partial charge in [0.1, 0.15) is 0 Å². The number of nitrogens with two attached hydrogens (primary N) is 1. The number of hydrogen-bond donors (Lipinski definition) is 3. The fraction of sp³-hybridized carbons (Fsp3) is 0.333. The van der Waals surface area contributed by atoms with Gasteiger partial charge in [0.2, 0.25) is 5.91 Å². The van der Waals surface area contributed by atoms with Crippen molar-refractivity contribution in [3.8, 4) is 0 Å². The van der Waals surface area contributed by atoms with Crippen LogP contribution in [-0.2, 0) is 4.79 Å². The number of nitrogens with one attached hydrogen (secondary N) is 2. The number of anilines is 2. The number of halogens is 1. The number of carbonyl (C=O) groups excluding carboxylic acids is 2. The normalized spacial score (nSPS) is 15.9. The van der Waals surface area contributed by atoms with Gasteiger partial charge < -0.3 is 20.9 Å². The van der Waals surface area contributed by atoms with E-state index in [1.165, 1.54) is 10.5 Å². The number of aryl methyl sites for hydroxylation is 1. The molecule has 0 spiro atoms. The molecule has 0 saturated carbocycles. The summed E-state index contributed by atoms with van der Waals surface area (Å²) in [5.74, 6) is -0.516. The average molecular weight is 402 g/mol. The first kappa shape index (κ1) is 20.2. The summed E-state index contributed by atoms with van der Waals surface area (Å²) >= 11 is 6.15. The van der Waals surface area contributed by atoms with Crippen molar-refractivity contribution < 1.29 is 14.5 Å². The van der Waals surface area contributed by atoms with Crippen molar-refractivity contribution in [2.75, 3.05) is 36.4 Å². The van der Waals surface area contributed by atoms with Gasteiger partial charge in [0.25, 0.3) is 5.91 Å². The zero-order valence-electron chi connectivity index (χ0n) is 16.2. The standard InChI is InChI=1S/C21H25ClN4O2/c1-14-3-6-17(22)13-19(14)26-11-9-25(10-12-26)15(2)21(28)24-18-7-4-16(5-8-18)20(23)27/h3-8,13,15H,9-12H2,1-2H3,(H2,23,27)(H,24,28)/p+1/t15-/m1/s1. The average Bonchev–Trinajstić information content (AvgIpc) is 2.69. The van der Waals surface area contributed by atoms with Crippen molar-refractivity contribution in [3.05, 3.63) is 58.6 Å². The Bertz CT molecular complexity index is 861. The highest BCUT2D eigenvalue weighted by Gasteiger charge is 2.29. The fourth-order valence-corrected chi connectivity index (χ4v) is 3.71. The Morgan fingerprint density at radius 1 is 1.14 bits per heavy atom. The molecule has 0 radical (unpaired) electrons. The molecule has 1 fully saturated rings. The molecule has 2 aromatic rings. The van der Waals surface area contributed by atoms with Crippen LogP contribution < -0.4 is 20.9 Å². The lowest BCUT2D eigenvalue weighted by molar-refractivity contribution is -0.914. The number of nitrogens with zero attached hydrogens (tertiary/aromatic N) is 1. The largest absolute Gasteiger partial charge is 0.366 e. The number of hydrogen-bond acceptors (Lipinski definition) is 3. The molecule has 1 atom stereocenters. The van der Waals surface area contributed by atoms with Gasteiger partial charge in [0.05, 0.1) is 26.2 Å². The predicted octanol–water partition coefficient (Wildman–Crippen LogP) is 1.48. The van der Waals surface area contributed by atoms with E-state index >= 15 is 0 Å². The Hall–Kier alpha value is -2.57. The molecule has 1 aliphatic heterocycles. The van der Waals surface area contributed by atoms with Gasteiger partial charge in [-0.25, -0.2) is 0 Å². The molecule has 7 heteroatoms. The number of quaternary nitrogens is 1. The monoisotopic (exact) mass is 401 g/mol. The topological polar surface area (TPSA) is 79.9 Å². The van der Waals surface area contributed by atoms with E-state index in [0.29, 0.717) is 11.3 Å². The van der Waals surface area contributed by atoms with E-state index in [9.17, 15) is 9.59 Å². The van der Waals surface area contributed by atoms with Crippen LogP contribution in [0.2, 0.25) is 5.02 Å². The maximum absolute atomic E-state index is 12.6. The number of benzene rings is 2. The highest BCUT2D eigenvalue weighted by atomic mass is 35.5. The summed E-state index contributed by atoms with van der Waals surface area (Å²) in [7, 11) is 0. The van der Waals surface area contributed by atoms with Crippen molar-refractivity contribution in [2.24, 2.45) is 5.73 Å². The van der Waals surface area contributed by atoms with E-state index in [1.54, 1.807) is 24.3 Å². The molecule has 3 rings (SSSR count). The third-order valence-corrected chi connectivity index (χ3v) is 5.60. The van der Waals surface area contributed by atoms with Crippen molar-refractivity contribution >= 4 is 34.8 Å². The second-order valence-electron chi connectivity index (χ2n) is 7.23. The lowest BCUT2D eigenvalue weighted by Crippen LogP contribution is -3.19. The molecule has 4 N–H and O–H groups in total. The SMILES string of the molecule is Cc1ccc(Cl)cc1N1CC[NH+]([C@H](C)C(=O)Nc2ccc(C(N)=O)cc2)CC1. The minimum absolute atomic E-state index is 0.0331. The molecule has 1 heterocycles. The van der Waals surface area contributed by atoms with E-state index in [4.69, 9.17) is 17.3 Å². The first-order valence-electron chi connectivity index (χ1n) is 9.41. The van der Waals surface area contributed by atoms with E-state index in [2.05, 4.69) is 17.1 Å². The van der Waals surface area contributed by atoms with Gasteiger partial charge in [-0.3, -0.25) is 9.59 Å². The smallest absolute Gasteiger partial charge is 0.282 e. The van der Waals surface area contributed by atoms with Gasteiger partial charge in [-0.05, 0) is 55.8 Å². The van der Waals surface area contributed by atoms with Gasteiger partial charge in [0.15, 0.2) is 6.04 Å². The lowest BCUT2D eigenvalue weighted by Gasteiger charge is -2.36. The third kappa shape index (κ3) is 4.64. The molecule has 0 aromatic heterocycles. The van der Waals surface area contributed by atoms with Crippen LogP contribution in [0.5, 0.6) is 0 Å². The number of carbonyl (C=O) groups is 2. The van der Waals surface area contributed by atoms with E-state index in [1.807, 2.05) is 25.1 Å². The van der Waals surface area contributed by atoms with Crippen molar-refractivity contribution in [1.82, 2.24) is 0 Å². The van der Waals surface area contributed by atoms with Crippen LogP contribution >= 0.6 is 11.6 Å². The number of amides is 2. The summed E-state index contributed by atoms with van der Waals surface area (Å²) in [5, 5.41) is 3.66. The Labute approximate surface area is 170 Å². The summed E-state index contributed by atoms with van der Waals surface area (Å²) in [6.07, 6.45) is 0. The zero-order chi connectivity index (χ0) is 20.3. The molecule has 2 aromatic carbocycles. The predicted molar refractivity (Wildman–Crippen MR) is 112 cm³/mol. The maximum Gasteiger partial charge on any atom is 0.282 e. The highest BCUT2D eigenvalue weighted by molar-refractivity contribution is 6.30. The molecule has 0 aliphatic carbocycles. The third-order valence-electron chi connectivity index (χ3n) is 5.36. The molecule has 2 amide bonds. The van der Waals surface area contributed by atoms with Crippen LogP contribution in [0.25, 0.3) is 0 Å².